The van der Waals surface area contributed by atoms with E-state index in [0.717, 1.165) is 0 Å². The molecule has 1 heterocycles. The lowest BCUT2D eigenvalue weighted by Gasteiger charge is -2.07. The van der Waals surface area contributed by atoms with E-state index in [0.29, 0.717) is 28.8 Å². The van der Waals surface area contributed by atoms with E-state index < -0.39 is 0 Å². The third kappa shape index (κ3) is 3.07. The first-order valence-corrected chi connectivity index (χ1v) is 5.43. The van der Waals surface area contributed by atoms with Crippen LogP contribution in [0.1, 0.15) is 5.56 Å². The van der Waals surface area contributed by atoms with E-state index >= 15 is 0 Å². The topological polar surface area (TPSA) is 50.9 Å². The molecule has 0 spiro atoms. The predicted octanol–water partition coefficient (Wildman–Crippen LogP) is 3.07. The van der Waals surface area contributed by atoms with Crippen LogP contribution < -0.4 is 11.1 Å². The van der Waals surface area contributed by atoms with Gasteiger partial charge in [0, 0.05) is 23.9 Å². The standard InChI is InChI=1S/C12H11ClFN3/c13-11-5-9(15)6-12(17-11)16-7-8-3-1-2-4-10(8)14/h1-6H,7H2,(H3,15,16,17). The molecule has 0 atom stereocenters. The summed E-state index contributed by atoms with van der Waals surface area (Å²) in [4.78, 5) is 4.03. The normalized spacial score (nSPS) is 10.2. The van der Waals surface area contributed by atoms with E-state index in [-0.39, 0.29) is 5.82 Å². The molecular formula is C12H11ClFN3. The van der Waals surface area contributed by atoms with Gasteiger partial charge in [-0.1, -0.05) is 29.8 Å². The number of nitrogens with two attached hydrogens (primary N) is 1. The first-order valence-electron chi connectivity index (χ1n) is 5.05. The molecule has 0 aliphatic rings. The van der Waals surface area contributed by atoms with E-state index in [9.17, 15) is 4.39 Å². The molecule has 0 aliphatic heterocycles. The highest BCUT2D eigenvalue weighted by atomic mass is 35.5. The highest BCUT2D eigenvalue weighted by Gasteiger charge is 2.02. The Balaban J connectivity index is 2.10. The van der Waals surface area contributed by atoms with E-state index in [1.165, 1.54) is 6.07 Å². The van der Waals surface area contributed by atoms with Crippen LogP contribution in [0.15, 0.2) is 36.4 Å². The molecule has 88 valence electrons. The Morgan fingerprint density at radius 1 is 1.29 bits per heavy atom. The Morgan fingerprint density at radius 3 is 2.76 bits per heavy atom. The zero-order chi connectivity index (χ0) is 12.3. The van der Waals surface area contributed by atoms with Crippen molar-refractivity contribution in [3.63, 3.8) is 0 Å². The van der Waals surface area contributed by atoms with E-state index in [4.69, 9.17) is 17.3 Å². The van der Waals surface area contributed by atoms with Gasteiger partial charge in [0.15, 0.2) is 0 Å². The molecule has 3 N–H and O–H groups in total. The summed E-state index contributed by atoms with van der Waals surface area (Å²) in [5.74, 6) is 0.272. The summed E-state index contributed by atoms with van der Waals surface area (Å²) in [6, 6.07) is 9.74. The molecule has 0 unspecified atom stereocenters. The first-order chi connectivity index (χ1) is 8.15. The predicted molar refractivity (Wildman–Crippen MR) is 67.4 cm³/mol. The van der Waals surface area contributed by atoms with Gasteiger partial charge in [-0.25, -0.2) is 9.37 Å². The van der Waals surface area contributed by atoms with Crippen molar-refractivity contribution in [2.75, 3.05) is 11.1 Å². The van der Waals surface area contributed by atoms with Crippen LogP contribution in [-0.2, 0) is 6.54 Å². The van der Waals surface area contributed by atoms with Crippen LogP contribution in [0.5, 0.6) is 0 Å². The maximum absolute atomic E-state index is 13.3. The Bertz CT molecular complexity index is 511. The number of benzene rings is 1. The summed E-state index contributed by atoms with van der Waals surface area (Å²) in [6.45, 7) is 0.333. The number of hydrogen-bond acceptors (Lipinski definition) is 3. The fraction of sp³-hybridized carbons (Fsp3) is 0.0833. The second-order valence-corrected chi connectivity index (χ2v) is 3.94. The van der Waals surface area contributed by atoms with Crippen LogP contribution in [0, 0.1) is 5.82 Å². The number of pyridine rings is 1. The number of rotatable bonds is 3. The van der Waals surface area contributed by atoms with Gasteiger partial charge in [0.2, 0.25) is 0 Å². The maximum Gasteiger partial charge on any atom is 0.133 e. The number of nitrogens with zero attached hydrogens (tertiary/aromatic N) is 1. The molecule has 3 nitrogen and oxygen atoms in total. The molecule has 0 radical (unpaired) electrons. The third-order valence-electron chi connectivity index (χ3n) is 2.23. The lowest BCUT2D eigenvalue weighted by atomic mass is 10.2. The second kappa shape index (κ2) is 5.01. The fourth-order valence-electron chi connectivity index (χ4n) is 1.43. The van der Waals surface area contributed by atoms with Crippen LogP contribution >= 0.6 is 11.6 Å². The molecule has 5 heteroatoms. The summed E-state index contributed by atoms with van der Waals surface area (Å²) in [7, 11) is 0. The number of aromatic nitrogens is 1. The van der Waals surface area contributed by atoms with Crippen molar-refractivity contribution >= 4 is 23.1 Å². The van der Waals surface area contributed by atoms with Gasteiger partial charge in [-0.2, -0.15) is 0 Å². The summed E-state index contributed by atoms with van der Waals surface area (Å²) in [5, 5.41) is 3.27. The zero-order valence-electron chi connectivity index (χ0n) is 8.95. The highest BCUT2D eigenvalue weighted by Crippen LogP contribution is 2.17. The Labute approximate surface area is 103 Å². The van der Waals surface area contributed by atoms with Gasteiger partial charge in [-0.3, -0.25) is 0 Å². The lowest BCUT2D eigenvalue weighted by Crippen LogP contribution is -2.04. The summed E-state index contributed by atoms with van der Waals surface area (Å²) >= 11 is 5.76. The molecule has 1 aromatic heterocycles. The first kappa shape index (κ1) is 11.7. The lowest BCUT2D eigenvalue weighted by molar-refractivity contribution is 0.613. The van der Waals surface area contributed by atoms with Crippen molar-refractivity contribution in [3.8, 4) is 0 Å². The van der Waals surface area contributed by atoms with Crippen molar-refractivity contribution < 1.29 is 4.39 Å². The van der Waals surface area contributed by atoms with Gasteiger partial charge in [0.05, 0.1) is 0 Å². The molecule has 1 aromatic carbocycles. The van der Waals surface area contributed by atoms with Gasteiger partial charge in [0.25, 0.3) is 0 Å². The molecule has 0 amide bonds. The SMILES string of the molecule is Nc1cc(Cl)nc(NCc2ccccc2F)c1. The Kier molecular flexibility index (Phi) is 3.44. The van der Waals surface area contributed by atoms with Crippen molar-refractivity contribution in [1.82, 2.24) is 4.98 Å². The van der Waals surface area contributed by atoms with Gasteiger partial charge in [-0.05, 0) is 12.1 Å². The number of nitrogens with one attached hydrogen (secondary N) is 1. The minimum Gasteiger partial charge on any atom is -0.399 e. The van der Waals surface area contributed by atoms with Crippen molar-refractivity contribution in [2.45, 2.75) is 6.54 Å². The molecule has 2 rings (SSSR count). The Morgan fingerprint density at radius 2 is 2.06 bits per heavy atom. The molecule has 0 bridgehead atoms. The van der Waals surface area contributed by atoms with E-state index in [2.05, 4.69) is 10.3 Å². The fourth-order valence-corrected chi connectivity index (χ4v) is 1.65. The quantitative estimate of drug-likeness (QED) is 0.825. The molecule has 2 aromatic rings. The summed E-state index contributed by atoms with van der Waals surface area (Å²) in [5.41, 5.74) is 6.70. The van der Waals surface area contributed by atoms with Crippen LogP contribution in [-0.4, -0.2) is 4.98 Å². The smallest absolute Gasteiger partial charge is 0.133 e. The van der Waals surface area contributed by atoms with Gasteiger partial charge >= 0.3 is 0 Å². The average Bonchev–Trinajstić information content (AvgIpc) is 2.27. The van der Waals surface area contributed by atoms with Gasteiger partial charge in [-0.15, -0.1) is 0 Å². The van der Waals surface area contributed by atoms with Gasteiger partial charge < -0.3 is 11.1 Å². The number of nitrogen functional groups attached to an aromatic ring is 1. The number of anilines is 2. The van der Waals surface area contributed by atoms with Crippen LogP contribution in [0.25, 0.3) is 0 Å². The molecule has 0 fully saturated rings. The van der Waals surface area contributed by atoms with Crippen molar-refractivity contribution in [3.05, 3.63) is 52.9 Å². The van der Waals surface area contributed by atoms with Crippen molar-refractivity contribution in [1.29, 1.82) is 0 Å². The van der Waals surface area contributed by atoms with E-state index in [1.807, 2.05) is 0 Å². The minimum atomic E-state index is -0.255. The Hall–Kier alpha value is -1.81. The van der Waals surface area contributed by atoms with Crippen molar-refractivity contribution in [2.24, 2.45) is 0 Å². The van der Waals surface area contributed by atoms with Crippen LogP contribution in [0.2, 0.25) is 5.15 Å². The molecule has 0 saturated heterocycles. The largest absolute Gasteiger partial charge is 0.399 e. The summed E-state index contributed by atoms with van der Waals surface area (Å²) in [6.07, 6.45) is 0. The van der Waals surface area contributed by atoms with Gasteiger partial charge in [0.1, 0.15) is 16.8 Å². The average molecular weight is 252 g/mol. The number of halogens is 2. The monoisotopic (exact) mass is 251 g/mol. The minimum absolute atomic E-state index is 0.255. The highest BCUT2D eigenvalue weighted by molar-refractivity contribution is 6.29. The van der Waals surface area contributed by atoms with Crippen LogP contribution in [0.3, 0.4) is 0 Å². The summed E-state index contributed by atoms with van der Waals surface area (Å²) < 4.78 is 13.3. The second-order valence-electron chi connectivity index (χ2n) is 3.55. The third-order valence-corrected chi connectivity index (χ3v) is 2.43. The number of hydrogen-bond donors (Lipinski definition) is 2. The molecule has 17 heavy (non-hydrogen) atoms. The molecule has 0 saturated carbocycles. The maximum atomic E-state index is 13.3. The van der Waals surface area contributed by atoms with Crippen LogP contribution in [0.4, 0.5) is 15.9 Å². The molecular weight excluding hydrogens is 241 g/mol. The zero-order valence-corrected chi connectivity index (χ0v) is 9.71. The molecule has 0 aliphatic carbocycles. The van der Waals surface area contributed by atoms with E-state index in [1.54, 1.807) is 30.3 Å².